The number of pyridine rings is 1. The second-order valence-corrected chi connectivity index (χ2v) is 7.80. The number of carbonyl (C=O) groups is 1. The summed E-state index contributed by atoms with van der Waals surface area (Å²) < 4.78 is 59.2. The molecule has 0 radical (unpaired) electrons. The standard InChI is InChI=1S/C21H28F3N3O4/c1-7-29-10-9-14-11-25-12-15(16(14)21(22,23)24)31-18-13(3)17(19(28)30-8-2)26-27(18)20(4,5)6/h11-12H,7-10H2,1-6H3. The zero-order valence-electron chi connectivity index (χ0n) is 18.6. The quantitative estimate of drug-likeness (QED) is 0.426. The predicted molar refractivity (Wildman–Crippen MR) is 107 cm³/mol. The molecule has 2 aromatic rings. The molecule has 2 heterocycles. The number of rotatable bonds is 8. The van der Waals surface area contributed by atoms with Gasteiger partial charge in [-0.05, 0) is 53.5 Å². The van der Waals surface area contributed by atoms with Crippen molar-refractivity contribution >= 4 is 5.97 Å². The van der Waals surface area contributed by atoms with Crippen LogP contribution < -0.4 is 4.74 Å². The highest BCUT2D eigenvalue weighted by atomic mass is 19.4. The van der Waals surface area contributed by atoms with Crippen molar-refractivity contribution in [2.45, 2.75) is 59.7 Å². The summed E-state index contributed by atoms with van der Waals surface area (Å²) in [5.41, 5.74) is -1.38. The molecule has 10 heteroatoms. The monoisotopic (exact) mass is 443 g/mol. The first-order chi connectivity index (χ1) is 14.4. The molecule has 0 aliphatic carbocycles. The molecule has 2 aromatic heterocycles. The summed E-state index contributed by atoms with van der Waals surface area (Å²) in [5.74, 6) is -1.12. The molecule has 0 aromatic carbocycles. The van der Waals surface area contributed by atoms with Crippen molar-refractivity contribution in [3.05, 3.63) is 34.8 Å². The van der Waals surface area contributed by atoms with E-state index in [1.165, 1.54) is 4.68 Å². The van der Waals surface area contributed by atoms with Gasteiger partial charge in [-0.25, -0.2) is 9.48 Å². The molecule has 0 saturated heterocycles. The van der Waals surface area contributed by atoms with Gasteiger partial charge in [0.25, 0.3) is 0 Å². The summed E-state index contributed by atoms with van der Waals surface area (Å²) >= 11 is 0. The number of esters is 1. The zero-order chi connectivity index (χ0) is 23.4. The molecule has 0 N–H and O–H groups in total. The molecular formula is C21H28F3N3O4. The highest BCUT2D eigenvalue weighted by Crippen LogP contribution is 2.41. The van der Waals surface area contributed by atoms with Gasteiger partial charge in [-0.2, -0.15) is 18.3 Å². The Hall–Kier alpha value is -2.62. The highest BCUT2D eigenvalue weighted by molar-refractivity contribution is 5.89. The lowest BCUT2D eigenvalue weighted by Crippen LogP contribution is -2.24. The Balaban J connectivity index is 2.59. The number of carbonyl (C=O) groups excluding carboxylic acids is 1. The Bertz CT molecular complexity index is 918. The van der Waals surface area contributed by atoms with Crippen molar-refractivity contribution in [3.63, 3.8) is 0 Å². The van der Waals surface area contributed by atoms with E-state index >= 15 is 0 Å². The van der Waals surface area contributed by atoms with Gasteiger partial charge >= 0.3 is 12.1 Å². The van der Waals surface area contributed by atoms with Gasteiger partial charge in [0.05, 0.1) is 24.9 Å². The zero-order valence-corrected chi connectivity index (χ0v) is 18.6. The Morgan fingerprint density at radius 2 is 1.81 bits per heavy atom. The van der Waals surface area contributed by atoms with Crippen LogP contribution in [0.3, 0.4) is 0 Å². The average molecular weight is 443 g/mol. The van der Waals surface area contributed by atoms with Crippen molar-refractivity contribution in [1.82, 2.24) is 14.8 Å². The van der Waals surface area contributed by atoms with Gasteiger partial charge in [-0.15, -0.1) is 0 Å². The Labute approximate surface area is 179 Å². The second-order valence-electron chi connectivity index (χ2n) is 7.80. The lowest BCUT2D eigenvalue weighted by molar-refractivity contribution is -0.139. The molecule has 172 valence electrons. The maximum absolute atomic E-state index is 13.9. The number of nitrogens with zero attached hydrogens (tertiary/aromatic N) is 3. The third-order valence-electron chi connectivity index (χ3n) is 4.37. The Kier molecular flexibility index (Phi) is 7.69. The van der Waals surface area contributed by atoms with Gasteiger partial charge in [-0.3, -0.25) is 4.98 Å². The Morgan fingerprint density at radius 1 is 1.13 bits per heavy atom. The van der Waals surface area contributed by atoms with Crippen molar-refractivity contribution in [1.29, 1.82) is 0 Å². The fraction of sp³-hybridized carbons (Fsp3) is 0.571. The molecule has 0 saturated carbocycles. The topological polar surface area (TPSA) is 75.5 Å². The van der Waals surface area contributed by atoms with E-state index in [-0.39, 0.29) is 42.3 Å². The minimum Gasteiger partial charge on any atom is -0.461 e. The van der Waals surface area contributed by atoms with E-state index in [9.17, 15) is 18.0 Å². The Morgan fingerprint density at radius 3 is 2.35 bits per heavy atom. The fourth-order valence-electron chi connectivity index (χ4n) is 2.95. The third kappa shape index (κ3) is 5.75. The van der Waals surface area contributed by atoms with Crippen LogP contribution in [-0.4, -0.2) is 40.6 Å². The maximum Gasteiger partial charge on any atom is 0.420 e. The van der Waals surface area contributed by atoms with Gasteiger partial charge in [0.2, 0.25) is 5.88 Å². The number of alkyl halides is 3. The van der Waals surface area contributed by atoms with E-state index in [1.807, 2.05) is 0 Å². The summed E-state index contributed by atoms with van der Waals surface area (Å²) in [5, 5.41) is 4.27. The van der Waals surface area contributed by atoms with E-state index in [1.54, 1.807) is 41.5 Å². The maximum atomic E-state index is 13.9. The first kappa shape index (κ1) is 24.6. The highest BCUT2D eigenvalue weighted by Gasteiger charge is 2.38. The molecule has 0 aliphatic heterocycles. The average Bonchev–Trinajstić information content (AvgIpc) is 2.98. The van der Waals surface area contributed by atoms with Gasteiger partial charge in [0.1, 0.15) is 5.56 Å². The number of aromatic nitrogens is 3. The normalized spacial score (nSPS) is 12.2. The molecule has 0 spiro atoms. The van der Waals surface area contributed by atoms with Crippen LogP contribution in [0, 0.1) is 6.92 Å². The fourth-order valence-corrected chi connectivity index (χ4v) is 2.95. The molecule has 0 atom stereocenters. The number of hydrogen-bond acceptors (Lipinski definition) is 6. The summed E-state index contributed by atoms with van der Waals surface area (Å²) in [6, 6.07) is 0. The summed E-state index contributed by atoms with van der Waals surface area (Å²) in [6.07, 6.45) is -2.48. The molecule has 0 fully saturated rings. The van der Waals surface area contributed by atoms with Gasteiger partial charge in [-0.1, -0.05) is 0 Å². The van der Waals surface area contributed by atoms with Crippen LogP contribution in [0.4, 0.5) is 13.2 Å². The first-order valence-electron chi connectivity index (χ1n) is 9.98. The largest absolute Gasteiger partial charge is 0.461 e. The summed E-state index contributed by atoms with van der Waals surface area (Å²) in [7, 11) is 0. The molecule has 7 nitrogen and oxygen atoms in total. The first-order valence-corrected chi connectivity index (χ1v) is 9.98. The molecule has 0 aliphatic rings. The SMILES string of the molecule is CCOCCc1cncc(Oc2c(C)c(C(=O)OCC)nn2C(C)(C)C)c1C(F)(F)F. The van der Waals surface area contributed by atoms with E-state index in [0.29, 0.717) is 6.61 Å². The van der Waals surface area contributed by atoms with E-state index < -0.39 is 29.0 Å². The molecule has 0 unspecified atom stereocenters. The lowest BCUT2D eigenvalue weighted by atomic mass is 10.1. The minimum atomic E-state index is -4.68. The number of ether oxygens (including phenoxy) is 3. The number of hydrogen-bond donors (Lipinski definition) is 0. The van der Waals surface area contributed by atoms with Crippen molar-refractivity contribution in [2.24, 2.45) is 0 Å². The van der Waals surface area contributed by atoms with Crippen molar-refractivity contribution in [3.8, 4) is 11.6 Å². The van der Waals surface area contributed by atoms with Crippen LogP contribution in [0.15, 0.2) is 12.4 Å². The van der Waals surface area contributed by atoms with Gasteiger partial charge < -0.3 is 14.2 Å². The van der Waals surface area contributed by atoms with Crippen LogP contribution in [0.25, 0.3) is 0 Å². The minimum absolute atomic E-state index is 0.0132. The van der Waals surface area contributed by atoms with Crippen molar-refractivity contribution < 1.29 is 32.2 Å². The second kappa shape index (κ2) is 9.67. The summed E-state index contributed by atoms with van der Waals surface area (Å²) in [4.78, 5) is 16.2. The van der Waals surface area contributed by atoms with Crippen LogP contribution in [0.1, 0.15) is 61.8 Å². The van der Waals surface area contributed by atoms with Crippen LogP contribution >= 0.6 is 0 Å². The molecule has 2 rings (SSSR count). The van der Waals surface area contributed by atoms with Gasteiger partial charge in [0.15, 0.2) is 11.4 Å². The van der Waals surface area contributed by atoms with Crippen LogP contribution in [0.2, 0.25) is 0 Å². The van der Waals surface area contributed by atoms with Crippen LogP contribution in [-0.2, 0) is 27.6 Å². The van der Waals surface area contributed by atoms with E-state index in [2.05, 4.69) is 10.1 Å². The lowest BCUT2D eigenvalue weighted by Gasteiger charge is -2.23. The molecule has 0 bridgehead atoms. The third-order valence-corrected chi connectivity index (χ3v) is 4.37. The smallest absolute Gasteiger partial charge is 0.420 e. The molecular weight excluding hydrogens is 415 g/mol. The summed E-state index contributed by atoms with van der Waals surface area (Å²) in [6.45, 7) is 11.0. The van der Waals surface area contributed by atoms with Gasteiger partial charge in [0, 0.05) is 18.4 Å². The van der Waals surface area contributed by atoms with Crippen molar-refractivity contribution in [2.75, 3.05) is 19.8 Å². The van der Waals surface area contributed by atoms with Crippen LogP contribution in [0.5, 0.6) is 11.6 Å². The predicted octanol–water partition coefficient (Wildman–Crippen LogP) is 4.91. The molecule has 31 heavy (non-hydrogen) atoms. The molecule has 0 amide bonds. The van der Waals surface area contributed by atoms with E-state index in [4.69, 9.17) is 14.2 Å². The number of halogens is 3. The van der Waals surface area contributed by atoms with E-state index in [0.717, 1.165) is 12.4 Å².